The van der Waals surface area contributed by atoms with Crippen LogP contribution < -0.4 is 10.6 Å². The van der Waals surface area contributed by atoms with E-state index in [1.807, 2.05) is 0 Å². The van der Waals surface area contributed by atoms with Crippen LogP contribution in [0.2, 0.25) is 0 Å². The van der Waals surface area contributed by atoms with Crippen molar-refractivity contribution >= 4 is 23.3 Å². The van der Waals surface area contributed by atoms with Crippen molar-refractivity contribution < 1.29 is 19.7 Å². The molecule has 0 fully saturated rings. The highest BCUT2D eigenvalue weighted by molar-refractivity contribution is 7.80. The number of aromatic hydroxyl groups is 2. The quantitative estimate of drug-likeness (QED) is 0.368. The Morgan fingerprint density at radius 3 is 2.65 bits per heavy atom. The maximum absolute atomic E-state index is 11.9. The van der Waals surface area contributed by atoms with Gasteiger partial charge in [-0.2, -0.15) is 0 Å². The maximum Gasteiger partial charge on any atom is 0.337 e. The van der Waals surface area contributed by atoms with Crippen molar-refractivity contribution in [2.75, 3.05) is 7.11 Å². The van der Waals surface area contributed by atoms with Gasteiger partial charge in [0.25, 0.3) is 0 Å². The second-order valence-corrected chi connectivity index (χ2v) is 4.72. The lowest BCUT2D eigenvalue weighted by atomic mass is 9.95. The van der Waals surface area contributed by atoms with Crippen LogP contribution in [0.3, 0.4) is 0 Å². The Balaban J connectivity index is 2.50. The lowest BCUT2D eigenvalue weighted by Gasteiger charge is -2.29. The third kappa shape index (κ3) is 2.53. The zero-order chi connectivity index (χ0) is 14.9. The van der Waals surface area contributed by atoms with Crippen LogP contribution >= 0.6 is 12.2 Å². The van der Waals surface area contributed by atoms with E-state index in [1.165, 1.54) is 19.2 Å². The number of ether oxygens (including phenoxy) is 1. The van der Waals surface area contributed by atoms with Gasteiger partial charge in [0.1, 0.15) is 0 Å². The van der Waals surface area contributed by atoms with Gasteiger partial charge in [0, 0.05) is 5.70 Å². The summed E-state index contributed by atoms with van der Waals surface area (Å²) in [5.74, 6) is -0.997. The first kappa shape index (κ1) is 14.1. The first-order valence-electron chi connectivity index (χ1n) is 5.82. The predicted molar refractivity (Wildman–Crippen MR) is 76.1 cm³/mol. The van der Waals surface area contributed by atoms with E-state index >= 15 is 0 Å². The number of benzene rings is 1. The van der Waals surface area contributed by atoms with Gasteiger partial charge in [0.2, 0.25) is 0 Å². The van der Waals surface area contributed by atoms with Crippen LogP contribution in [0.15, 0.2) is 29.5 Å². The minimum absolute atomic E-state index is 0.231. The molecule has 106 valence electrons. The predicted octanol–water partition coefficient (Wildman–Crippen LogP) is 1.06. The Labute approximate surface area is 121 Å². The van der Waals surface area contributed by atoms with Gasteiger partial charge >= 0.3 is 5.97 Å². The first-order valence-corrected chi connectivity index (χ1v) is 6.23. The number of carbonyl (C=O) groups is 1. The zero-order valence-electron chi connectivity index (χ0n) is 10.9. The van der Waals surface area contributed by atoms with Gasteiger partial charge in [-0.25, -0.2) is 4.79 Å². The van der Waals surface area contributed by atoms with Gasteiger partial charge in [0.15, 0.2) is 16.6 Å². The standard InChI is InChI=1S/C13H14N2O4S/c1-6-10(12(18)19-2)11(15-13(20)14-6)7-3-4-8(16)9(17)5-7/h3-5,11,16-17H,1-2H3,(H2,14,15,20). The molecule has 20 heavy (non-hydrogen) atoms. The molecule has 0 spiro atoms. The van der Waals surface area contributed by atoms with Gasteiger partial charge in [-0.05, 0) is 36.8 Å². The summed E-state index contributed by atoms with van der Waals surface area (Å²) in [7, 11) is 1.29. The van der Waals surface area contributed by atoms with Gasteiger partial charge < -0.3 is 25.6 Å². The van der Waals surface area contributed by atoms with Crippen LogP contribution in [0.25, 0.3) is 0 Å². The van der Waals surface area contributed by atoms with Crippen LogP contribution in [0.5, 0.6) is 11.5 Å². The second kappa shape index (κ2) is 5.38. The molecule has 0 saturated heterocycles. The number of esters is 1. The Hall–Kier alpha value is -2.28. The zero-order valence-corrected chi connectivity index (χ0v) is 11.7. The van der Waals surface area contributed by atoms with Crippen molar-refractivity contribution in [1.29, 1.82) is 0 Å². The Morgan fingerprint density at radius 1 is 1.35 bits per heavy atom. The van der Waals surface area contributed by atoms with E-state index in [0.29, 0.717) is 21.9 Å². The molecule has 0 aromatic heterocycles. The third-order valence-electron chi connectivity index (χ3n) is 3.01. The summed E-state index contributed by atoms with van der Waals surface area (Å²) in [5.41, 5.74) is 1.54. The largest absolute Gasteiger partial charge is 0.504 e. The molecule has 4 N–H and O–H groups in total. The second-order valence-electron chi connectivity index (χ2n) is 4.31. The number of nitrogens with one attached hydrogen (secondary N) is 2. The van der Waals surface area contributed by atoms with E-state index in [2.05, 4.69) is 10.6 Å². The van der Waals surface area contributed by atoms with Gasteiger partial charge in [-0.1, -0.05) is 6.07 Å². The Bertz CT molecular complexity index is 612. The molecule has 0 saturated carbocycles. The number of phenols is 2. The minimum atomic E-state index is -0.553. The van der Waals surface area contributed by atoms with E-state index in [9.17, 15) is 15.0 Å². The number of hydrogen-bond donors (Lipinski definition) is 4. The van der Waals surface area contributed by atoms with Gasteiger partial charge in [-0.3, -0.25) is 0 Å². The molecule has 0 aliphatic carbocycles. The first-order chi connectivity index (χ1) is 9.43. The van der Waals surface area contributed by atoms with E-state index < -0.39 is 12.0 Å². The van der Waals surface area contributed by atoms with Gasteiger partial charge in [0.05, 0.1) is 18.7 Å². The molecule has 1 aliphatic rings. The van der Waals surface area contributed by atoms with Crippen LogP contribution in [-0.4, -0.2) is 28.4 Å². The summed E-state index contributed by atoms with van der Waals surface area (Å²) in [4.78, 5) is 11.9. The summed E-state index contributed by atoms with van der Waals surface area (Å²) in [6.07, 6.45) is 0. The molecule has 1 unspecified atom stereocenters. The molecule has 1 aromatic rings. The molecule has 0 amide bonds. The lowest BCUT2D eigenvalue weighted by molar-refractivity contribution is -0.136. The number of rotatable bonds is 2. The minimum Gasteiger partial charge on any atom is -0.504 e. The van der Waals surface area contributed by atoms with Crippen molar-refractivity contribution in [2.45, 2.75) is 13.0 Å². The normalized spacial score (nSPS) is 18.3. The van der Waals surface area contributed by atoms with Crippen molar-refractivity contribution in [1.82, 2.24) is 10.6 Å². The molecular weight excluding hydrogens is 280 g/mol. The highest BCUT2D eigenvalue weighted by Gasteiger charge is 2.30. The average molecular weight is 294 g/mol. The van der Waals surface area contributed by atoms with E-state index in [-0.39, 0.29) is 11.5 Å². The van der Waals surface area contributed by atoms with E-state index in [4.69, 9.17) is 17.0 Å². The number of thiocarbonyl (C=S) groups is 1. The van der Waals surface area contributed by atoms with E-state index in [1.54, 1.807) is 13.0 Å². The Kier molecular flexibility index (Phi) is 3.80. The Morgan fingerprint density at radius 2 is 2.05 bits per heavy atom. The number of carbonyl (C=O) groups excluding carboxylic acids is 1. The molecule has 1 heterocycles. The van der Waals surface area contributed by atoms with Crippen LogP contribution in [0.4, 0.5) is 0 Å². The highest BCUT2D eigenvalue weighted by Crippen LogP contribution is 2.32. The molecule has 0 bridgehead atoms. The monoisotopic (exact) mass is 294 g/mol. The average Bonchev–Trinajstić information content (AvgIpc) is 2.40. The molecule has 1 aromatic carbocycles. The highest BCUT2D eigenvalue weighted by atomic mass is 32.1. The summed E-state index contributed by atoms with van der Waals surface area (Å²) >= 11 is 5.07. The van der Waals surface area contributed by atoms with Crippen LogP contribution in [0.1, 0.15) is 18.5 Å². The molecular formula is C13H14N2O4S. The summed E-state index contributed by atoms with van der Waals surface area (Å²) in [6, 6.07) is 3.76. The fraction of sp³-hybridized carbons (Fsp3) is 0.231. The number of allylic oxidation sites excluding steroid dienone is 1. The molecule has 1 aliphatic heterocycles. The van der Waals surface area contributed by atoms with Crippen molar-refractivity contribution in [3.05, 3.63) is 35.0 Å². The maximum atomic E-state index is 11.9. The summed E-state index contributed by atoms with van der Waals surface area (Å²) < 4.78 is 4.77. The number of hydrogen-bond acceptors (Lipinski definition) is 5. The number of methoxy groups -OCH3 is 1. The SMILES string of the molecule is COC(=O)C1=C(C)NC(=S)NC1c1ccc(O)c(O)c1. The van der Waals surface area contributed by atoms with E-state index in [0.717, 1.165) is 0 Å². The van der Waals surface area contributed by atoms with Crippen molar-refractivity contribution in [3.8, 4) is 11.5 Å². The molecule has 0 radical (unpaired) electrons. The van der Waals surface area contributed by atoms with Crippen LogP contribution in [-0.2, 0) is 9.53 Å². The number of phenolic OH excluding ortho intramolecular Hbond substituents is 2. The third-order valence-corrected chi connectivity index (χ3v) is 3.23. The lowest BCUT2D eigenvalue weighted by Crippen LogP contribution is -2.45. The van der Waals surface area contributed by atoms with Crippen LogP contribution in [0, 0.1) is 0 Å². The van der Waals surface area contributed by atoms with Crippen molar-refractivity contribution in [2.24, 2.45) is 0 Å². The molecule has 2 rings (SSSR count). The topological polar surface area (TPSA) is 90.8 Å². The summed E-state index contributed by atoms with van der Waals surface area (Å²) in [6.45, 7) is 1.71. The summed E-state index contributed by atoms with van der Waals surface area (Å²) in [5, 5.41) is 25.1. The fourth-order valence-electron chi connectivity index (χ4n) is 2.04. The van der Waals surface area contributed by atoms with Crippen molar-refractivity contribution in [3.63, 3.8) is 0 Å². The fourth-order valence-corrected chi connectivity index (χ4v) is 2.32. The molecule has 6 nitrogen and oxygen atoms in total. The molecule has 1 atom stereocenters. The van der Waals surface area contributed by atoms with Gasteiger partial charge in [-0.15, -0.1) is 0 Å². The smallest absolute Gasteiger partial charge is 0.337 e. The molecule has 7 heteroatoms.